The van der Waals surface area contributed by atoms with Crippen LogP contribution < -0.4 is 10.6 Å². The zero-order valence-corrected chi connectivity index (χ0v) is 19.5. The van der Waals surface area contributed by atoms with Gasteiger partial charge < -0.3 is 10.6 Å². The number of nitrogens with one attached hydrogen (secondary N) is 2. The van der Waals surface area contributed by atoms with Gasteiger partial charge in [0.2, 0.25) is 0 Å². The summed E-state index contributed by atoms with van der Waals surface area (Å²) >= 11 is 0. The molecule has 1 aliphatic heterocycles. The fourth-order valence-electron chi connectivity index (χ4n) is 2.97. The van der Waals surface area contributed by atoms with Crippen molar-refractivity contribution in [3.63, 3.8) is 0 Å². The Morgan fingerprint density at radius 3 is 2.55 bits per heavy atom. The summed E-state index contributed by atoms with van der Waals surface area (Å²) in [6.45, 7) is 4.74. The van der Waals surface area contributed by atoms with Crippen LogP contribution in [0.5, 0.6) is 0 Å². The topological polar surface area (TPSA) is 86.7 Å². The third-order valence-corrected chi connectivity index (χ3v) is 6.19. The van der Waals surface area contributed by atoms with Crippen LogP contribution >= 0.6 is 24.0 Å². The summed E-state index contributed by atoms with van der Waals surface area (Å²) in [6, 6.07) is 1.81. The molecule has 1 aromatic heterocycles. The Hall–Kier alpha value is -1.15. The maximum atomic E-state index is 12.7. The second kappa shape index (κ2) is 11.3. The Morgan fingerprint density at radius 2 is 2.00 bits per heavy atom. The summed E-state index contributed by atoms with van der Waals surface area (Å²) in [6.07, 6.45) is 4.84. The summed E-state index contributed by atoms with van der Waals surface area (Å²) in [7, 11) is -5.26. The van der Waals surface area contributed by atoms with Crippen molar-refractivity contribution in [2.24, 2.45) is 4.99 Å². The maximum absolute atomic E-state index is 12.7. The van der Waals surface area contributed by atoms with E-state index in [0.29, 0.717) is 23.4 Å². The summed E-state index contributed by atoms with van der Waals surface area (Å²) in [4.78, 5) is 8.57. The molecule has 1 aromatic rings. The molecule has 0 amide bonds. The predicted molar refractivity (Wildman–Crippen MR) is 117 cm³/mol. The molecule has 166 valence electrons. The largest absolute Gasteiger partial charge is 0.511 e. The molecule has 2 N–H and O–H groups in total. The number of aliphatic imine (C=N–C) groups is 1. The number of rotatable bonds is 6. The number of hydrogen-bond acceptors (Lipinski definition) is 4. The van der Waals surface area contributed by atoms with Gasteiger partial charge in [-0.3, -0.25) is 9.98 Å². The van der Waals surface area contributed by atoms with Gasteiger partial charge in [-0.15, -0.1) is 24.0 Å². The van der Waals surface area contributed by atoms with E-state index in [1.165, 1.54) is 0 Å². The van der Waals surface area contributed by atoms with Gasteiger partial charge >= 0.3 is 15.5 Å². The van der Waals surface area contributed by atoms with E-state index in [-0.39, 0.29) is 55.9 Å². The second-order valence-electron chi connectivity index (χ2n) is 6.58. The van der Waals surface area contributed by atoms with Crippen molar-refractivity contribution in [2.75, 3.05) is 26.2 Å². The molecule has 0 aromatic carbocycles. The highest BCUT2D eigenvalue weighted by molar-refractivity contribution is 14.0. The molecule has 2 heterocycles. The molecule has 0 saturated carbocycles. The average molecular weight is 549 g/mol. The van der Waals surface area contributed by atoms with Gasteiger partial charge in [-0.25, -0.2) is 8.42 Å². The molecule has 0 unspecified atom stereocenters. The summed E-state index contributed by atoms with van der Waals surface area (Å²) in [5, 5.41) is 6.30. The SMILES string of the molecule is CCNC(=NCCc1ccncc1C)NC1CCN(S(=O)(=O)C(F)(F)F)CC1.I. The van der Waals surface area contributed by atoms with E-state index in [1.54, 1.807) is 12.4 Å². The van der Waals surface area contributed by atoms with Crippen LogP contribution in [0.3, 0.4) is 0 Å². The van der Waals surface area contributed by atoms with E-state index >= 15 is 0 Å². The van der Waals surface area contributed by atoms with Crippen LogP contribution in [0.2, 0.25) is 0 Å². The lowest BCUT2D eigenvalue weighted by atomic mass is 10.1. The molecule has 0 bridgehead atoms. The van der Waals surface area contributed by atoms with Gasteiger partial charge in [-0.05, 0) is 50.3 Å². The molecule has 1 saturated heterocycles. The number of piperidine rings is 1. The third kappa shape index (κ3) is 7.24. The quantitative estimate of drug-likeness (QED) is 0.324. The first-order chi connectivity index (χ1) is 13.1. The molecule has 1 aliphatic rings. The van der Waals surface area contributed by atoms with Crippen molar-refractivity contribution in [3.05, 3.63) is 29.6 Å². The number of alkyl halides is 3. The smallest absolute Gasteiger partial charge is 0.357 e. The zero-order valence-electron chi connectivity index (χ0n) is 16.4. The average Bonchev–Trinajstić information content (AvgIpc) is 2.63. The van der Waals surface area contributed by atoms with Crippen LogP contribution in [0.4, 0.5) is 13.2 Å². The van der Waals surface area contributed by atoms with E-state index in [0.717, 1.165) is 17.5 Å². The molecule has 0 aliphatic carbocycles. The number of aromatic nitrogens is 1. The number of aryl methyl sites for hydroxylation is 1. The molecule has 0 atom stereocenters. The fourth-order valence-corrected chi connectivity index (χ4v) is 3.96. The van der Waals surface area contributed by atoms with Crippen LogP contribution in [-0.2, 0) is 16.4 Å². The predicted octanol–water partition coefficient (Wildman–Crippen LogP) is 2.42. The molecule has 1 fully saturated rings. The first kappa shape index (κ1) is 25.9. The molecule has 29 heavy (non-hydrogen) atoms. The highest BCUT2D eigenvalue weighted by Crippen LogP contribution is 2.28. The van der Waals surface area contributed by atoms with Crippen LogP contribution in [-0.4, -0.2) is 61.4 Å². The third-order valence-electron chi connectivity index (χ3n) is 4.56. The highest BCUT2D eigenvalue weighted by Gasteiger charge is 2.50. The van der Waals surface area contributed by atoms with Crippen molar-refractivity contribution < 1.29 is 21.6 Å². The lowest BCUT2D eigenvalue weighted by molar-refractivity contribution is -0.0494. The van der Waals surface area contributed by atoms with E-state index in [9.17, 15) is 21.6 Å². The number of guanidine groups is 1. The fraction of sp³-hybridized carbons (Fsp3) is 0.647. The van der Waals surface area contributed by atoms with E-state index in [4.69, 9.17) is 0 Å². The van der Waals surface area contributed by atoms with Gasteiger partial charge in [-0.1, -0.05) is 0 Å². The molecule has 2 rings (SSSR count). The number of hydrogen-bond donors (Lipinski definition) is 2. The first-order valence-electron chi connectivity index (χ1n) is 9.16. The van der Waals surface area contributed by atoms with E-state index < -0.39 is 15.5 Å². The monoisotopic (exact) mass is 549 g/mol. The first-order valence-corrected chi connectivity index (χ1v) is 10.6. The minimum Gasteiger partial charge on any atom is -0.357 e. The Bertz CT molecular complexity index is 782. The van der Waals surface area contributed by atoms with Gasteiger partial charge in [-0.2, -0.15) is 17.5 Å². The van der Waals surface area contributed by atoms with Gasteiger partial charge in [0.25, 0.3) is 0 Å². The van der Waals surface area contributed by atoms with Crippen molar-refractivity contribution in [1.29, 1.82) is 0 Å². The number of nitrogens with zero attached hydrogens (tertiary/aromatic N) is 3. The Kier molecular flexibility index (Phi) is 10.1. The highest BCUT2D eigenvalue weighted by atomic mass is 127. The van der Waals surface area contributed by atoms with Gasteiger partial charge in [0, 0.05) is 44.6 Å². The summed E-state index contributed by atoms with van der Waals surface area (Å²) < 4.78 is 61.4. The lowest BCUT2D eigenvalue weighted by Crippen LogP contribution is -2.51. The van der Waals surface area contributed by atoms with Crippen molar-refractivity contribution in [2.45, 2.75) is 44.7 Å². The minimum atomic E-state index is -5.26. The molecular weight excluding hydrogens is 522 g/mol. The normalized spacial score (nSPS) is 16.9. The number of pyridine rings is 1. The number of halogens is 4. The van der Waals surface area contributed by atoms with E-state index in [1.807, 2.05) is 19.9 Å². The van der Waals surface area contributed by atoms with Crippen LogP contribution in [0.25, 0.3) is 0 Å². The van der Waals surface area contributed by atoms with Crippen molar-refractivity contribution in [3.8, 4) is 0 Å². The Morgan fingerprint density at radius 1 is 1.34 bits per heavy atom. The standard InChI is InChI=1S/C17H26F3N5O2S.HI/c1-3-22-16(23-9-5-14-4-8-21-12-13(14)2)24-15-6-10-25(11-7-15)28(26,27)17(18,19)20;/h4,8,12,15H,3,5-7,9-11H2,1-2H3,(H2,22,23,24);1H. The summed E-state index contributed by atoms with van der Waals surface area (Å²) in [5.41, 5.74) is -3.01. The second-order valence-corrected chi connectivity index (χ2v) is 8.51. The van der Waals surface area contributed by atoms with E-state index in [2.05, 4.69) is 20.6 Å². The molecular formula is C17H27F3IN5O2S. The number of sulfonamides is 1. The van der Waals surface area contributed by atoms with Gasteiger partial charge in [0.05, 0.1) is 0 Å². The van der Waals surface area contributed by atoms with Gasteiger partial charge in [0.1, 0.15) is 0 Å². The zero-order chi connectivity index (χ0) is 20.8. The Balaban J connectivity index is 0.00000420. The van der Waals surface area contributed by atoms with Crippen molar-refractivity contribution in [1.82, 2.24) is 19.9 Å². The molecule has 7 nitrogen and oxygen atoms in total. The van der Waals surface area contributed by atoms with Crippen LogP contribution in [0.1, 0.15) is 30.9 Å². The van der Waals surface area contributed by atoms with Crippen molar-refractivity contribution >= 4 is 40.0 Å². The summed E-state index contributed by atoms with van der Waals surface area (Å²) in [5.74, 6) is 0.575. The molecule has 0 spiro atoms. The van der Waals surface area contributed by atoms with Crippen LogP contribution in [0.15, 0.2) is 23.5 Å². The lowest BCUT2D eigenvalue weighted by Gasteiger charge is -2.32. The van der Waals surface area contributed by atoms with Crippen LogP contribution in [0, 0.1) is 6.92 Å². The maximum Gasteiger partial charge on any atom is 0.511 e. The minimum absolute atomic E-state index is 0. The Labute approximate surface area is 186 Å². The molecule has 0 radical (unpaired) electrons. The van der Waals surface area contributed by atoms with Gasteiger partial charge in [0.15, 0.2) is 5.96 Å². The molecule has 12 heteroatoms.